The van der Waals surface area contributed by atoms with Gasteiger partial charge in [0.25, 0.3) is 0 Å². The third kappa shape index (κ3) is 4.12. The minimum absolute atomic E-state index is 0.142. The van der Waals surface area contributed by atoms with Crippen LogP contribution in [0.4, 0.5) is 0 Å². The molecule has 0 spiro atoms. The first-order chi connectivity index (χ1) is 12.3. The van der Waals surface area contributed by atoms with Crippen molar-refractivity contribution in [1.29, 1.82) is 0 Å². The van der Waals surface area contributed by atoms with E-state index in [1.54, 1.807) is 0 Å². The van der Waals surface area contributed by atoms with Crippen molar-refractivity contribution in [3.63, 3.8) is 0 Å². The maximum absolute atomic E-state index is 10.1. The number of hydrogen-bond acceptors (Lipinski definition) is 3. The fourth-order valence-electron chi connectivity index (χ4n) is 4.45. The number of rotatable bonds is 5. The number of hydrogen-bond donors (Lipinski definition) is 1. The van der Waals surface area contributed by atoms with Crippen LogP contribution in [0, 0.1) is 0 Å². The molecule has 0 unspecified atom stereocenters. The fraction of sp³-hybridized carbons (Fsp3) is 0.455. The van der Waals surface area contributed by atoms with Gasteiger partial charge in [0.1, 0.15) is 0 Å². The number of nitrogens with zero attached hydrogens (tertiary/aromatic N) is 2. The van der Waals surface area contributed by atoms with Crippen LogP contribution in [0.5, 0.6) is 0 Å². The number of benzene rings is 2. The van der Waals surface area contributed by atoms with Gasteiger partial charge >= 0.3 is 0 Å². The molecule has 2 aliphatic rings. The standard InChI is InChI=1S/C22H28N2O/c25-22-14-21-15-23(12-11-18-7-3-1-4-8-18)20(16-24(21)17-22)13-19-9-5-2-6-10-19/h1-10,20-22,25H,11-17H2/t20-,21+,22-/m1/s1. The van der Waals surface area contributed by atoms with Crippen molar-refractivity contribution in [1.82, 2.24) is 9.80 Å². The summed E-state index contributed by atoms with van der Waals surface area (Å²) in [6, 6.07) is 22.7. The Bertz CT molecular complexity index is 660. The van der Waals surface area contributed by atoms with Crippen LogP contribution in [0.1, 0.15) is 17.5 Å². The van der Waals surface area contributed by atoms with Crippen molar-refractivity contribution in [2.75, 3.05) is 26.2 Å². The van der Waals surface area contributed by atoms with E-state index < -0.39 is 0 Å². The smallest absolute Gasteiger partial charge is 0.0682 e. The topological polar surface area (TPSA) is 26.7 Å². The second-order valence-corrected chi connectivity index (χ2v) is 7.57. The van der Waals surface area contributed by atoms with Crippen molar-refractivity contribution in [3.8, 4) is 0 Å². The molecule has 2 aliphatic heterocycles. The average Bonchev–Trinajstić information content (AvgIpc) is 3.00. The molecule has 0 bridgehead atoms. The first-order valence-corrected chi connectivity index (χ1v) is 9.52. The van der Waals surface area contributed by atoms with Crippen LogP contribution in [0.25, 0.3) is 0 Å². The highest BCUT2D eigenvalue weighted by Gasteiger charge is 2.39. The highest BCUT2D eigenvalue weighted by atomic mass is 16.3. The Balaban J connectivity index is 1.46. The molecule has 0 aromatic heterocycles. The molecule has 2 aromatic rings. The van der Waals surface area contributed by atoms with Gasteiger partial charge in [-0.1, -0.05) is 60.7 Å². The van der Waals surface area contributed by atoms with Crippen LogP contribution in [-0.4, -0.2) is 59.3 Å². The first-order valence-electron chi connectivity index (χ1n) is 9.52. The molecule has 0 aliphatic carbocycles. The van der Waals surface area contributed by atoms with Gasteiger partial charge in [-0.05, 0) is 30.4 Å². The van der Waals surface area contributed by atoms with Gasteiger partial charge in [0.15, 0.2) is 0 Å². The minimum Gasteiger partial charge on any atom is -0.392 e. The molecule has 132 valence electrons. The average molecular weight is 336 g/mol. The summed E-state index contributed by atoms with van der Waals surface area (Å²) in [5.74, 6) is 0. The minimum atomic E-state index is -0.142. The molecule has 2 heterocycles. The van der Waals surface area contributed by atoms with Crippen LogP contribution in [0.3, 0.4) is 0 Å². The zero-order valence-corrected chi connectivity index (χ0v) is 14.8. The monoisotopic (exact) mass is 336 g/mol. The van der Waals surface area contributed by atoms with Gasteiger partial charge < -0.3 is 5.11 Å². The summed E-state index contributed by atoms with van der Waals surface area (Å²) in [7, 11) is 0. The number of fused-ring (bicyclic) bond motifs is 1. The van der Waals surface area contributed by atoms with E-state index in [4.69, 9.17) is 0 Å². The largest absolute Gasteiger partial charge is 0.392 e. The normalized spacial score (nSPS) is 27.3. The third-order valence-electron chi connectivity index (χ3n) is 5.76. The molecule has 1 N–H and O–H groups in total. The molecule has 25 heavy (non-hydrogen) atoms. The van der Waals surface area contributed by atoms with Crippen molar-refractivity contribution in [3.05, 3.63) is 71.8 Å². The summed E-state index contributed by atoms with van der Waals surface area (Å²) in [5.41, 5.74) is 2.82. The summed E-state index contributed by atoms with van der Waals surface area (Å²) in [6.45, 7) is 4.11. The summed E-state index contributed by atoms with van der Waals surface area (Å²) in [5, 5.41) is 10.1. The van der Waals surface area contributed by atoms with E-state index in [1.165, 1.54) is 11.1 Å². The Hall–Kier alpha value is -1.68. The molecule has 0 radical (unpaired) electrons. The van der Waals surface area contributed by atoms with E-state index in [1.807, 2.05) is 0 Å². The van der Waals surface area contributed by atoms with Crippen molar-refractivity contribution in [2.45, 2.75) is 37.5 Å². The molecular formula is C22H28N2O. The zero-order chi connectivity index (χ0) is 17.1. The Morgan fingerprint density at radius 2 is 1.52 bits per heavy atom. The van der Waals surface area contributed by atoms with Crippen LogP contribution >= 0.6 is 0 Å². The van der Waals surface area contributed by atoms with Crippen LogP contribution in [-0.2, 0) is 12.8 Å². The predicted octanol–water partition coefficient (Wildman–Crippen LogP) is 2.59. The van der Waals surface area contributed by atoms with E-state index >= 15 is 0 Å². The summed E-state index contributed by atoms with van der Waals surface area (Å²) in [6.07, 6.45) is 2.98. The first kappa shape index (κ1) is 16.8. The summed E-state index contributed by atoms with van der Waals surface area (Å²) >= 11 is 0. The molecule has 2 fully saturated rings. The zero-order valence-electron chi connectivity index (χ0n) is 14.8. The molecule has 3 nitrogen and oxygen atoms in total. The number of piperazine rings is 1. The molecular weight excluding hydrogens is 308 g/mol. The lowest BCUT2D eigenvalue weighted by Crippen LogP contribution is -2.57. The Morgan fingerprint density at radius 3 is 2.24 bits per heavy atom. The highest BCUT2D eigenvalue weighted by molar-refractivity contribution is 5.18. The number of aliphatic hydroxyl groups is 1. The van der Waals surface area contributed by atoms with Gasteiger partial charge in [0.05, 0.1) is 6.10 Å². The molecule has 3 atom stereocenters. The lowest BCUT2D eigenvalue weighted by Gasteiger charge is -2.44. The van der Waals surface area contributed by atoms with Crippen molar-refractivity contribution in [2.24, 2.45) is 0 Å². The van der Waals surface area contributed by atoms with Crippen LogP contribution < -0.4 is 0 Å². The molecule has 2 aromatic carbocycles. The molecule has 2 saturated heterocycles. The van der Waals surface area contributed by atoms with Gasteiger partial charge in [-0.3, -0.25) is 9.80 Å². The van der Waals surface area contributed by atoms with Crippen molar-refractivity contribution < 1.29 is 5.11 Å². The van der Waals surface area contributed by atoms with Crippen LogP contribution in [0.2, 0.25) is 0 Å². The highest BCUT2D eigenvalue weighted by Crippen LogP contribution is 2.26. The molecule has 3 heteroatoms. The molecule has 0 amide bonds. The maximum atomic E-state index is 10.1. The van der Waals surface area contributed by atoms with E-state index in [9.17, 15) is 5.11 Å². The fourth-order valence-corrected chi connectivity index (χ4v) is 4.45. The van der Waals surface area contributed by atoms with Gasteiger partial charge in [0.2, 0.25) is 0 Å². The Morgan fingerprint density at radius 1 is 0.840 bits per heavy atom. The van der Waals surface area contributed by atoms with E-state index in [-0.39, 0.29) is 6.10 Å². The Kier molecular flexibility index (Phi) is 5.16. The second-order valence-electron chi connectivity index (χ2n) is 7.57. The van der Waals surface area contributed by atoms with E-state index in [0.717, 1.165) is 45.4 Å². The quantitative estimate of drug-likeness (QED) is 0.909. The Labute approximate surface area is 150 Å². The summed E-state index contributed by atoms with van der Waals surface area (Å²) < 4.78 is 0. The van der Waals surface area contributed by atoms with Crippen LogP contribution in [0.15, 0.2) is 60.7 Å². The lowest BCUT2D eigenvalue weighted by atomic mass is 9.99. The molecule has 4 rings (SSSR count). The third-order valence-corrected chi connectivity index (χ3v) is 5.76. The van der Waals surface area contributed by atoms with Gasteiger partial charge in [-0.25, -0.2) is 0 Å². The van der Waals surface area contributed by atoms with E-state index in [0.29, 0.717) is 12.1 Å². The predicted molar refractivity (Wildman–Crippen MR) is 102 cm³/mol. The number of aliphatic hydroxyl groups excluding tert-OH is 1. The van der Waals surface area contributed by atoms with E-state index in [2.05, 4.69) is 70.5 Å². The van der Waals surface area contributed by atoms with Gasteiger partial charge in [-0.2, -0.15) is 0 Å². The maximum Gasteiger partial charge on any atom is 0.0682 e. The van der Waals surface area contributed by atoms with Crippen molar-refractivity contribution >= 4 is 0 Å². The summed E-state index contributed by atoms with van der Waals surface area (Å²) in [4.78, 5) is 5.18. The van der Waals surface area contributed by atoms with Gasteiger partial charge in [-0.15, -0.1) is 0 Å². The molecule has 0 saturated carbocycles. The lowest BCUT2D eigenvalue weighted by molar-refractivity contribution is 0.0508. The van der Waals surface area contributed by atoms with Gasteiger partial charge in [0, 0.05) is 38.3 Å². The SMILES string of the molecule is O[C@@H]1C[C@H]2CN(CCc3ccccc3)[C@H](Cc3ccccc3)CN2C1. The second kappa shape index (κ2) is 7.69.